The maximum Gasteiger partial charge on any atom is 0.235 e. The van der Waals surface area contributed by atoms with E-state index in [9.17, 15) is 4.79 Å². The van der Waals surface area contributed by atoms with Crippen molar-refractivity contribution >= 4 is 23.5 Å². The Morgan fingerprint density at radius 3 is 2.79 bits per heavy atom. The zero-order chi connectivity index (χ0) is 20.4. The van der Waals surface area contributed by atoms with Crippen molar-refractivity contribution in [2.24, 2.45) is 0 Å². The van der Waals surface area contributed by atoms with E-state index in [4.69, 9.17) is 9.47 Å². The first kappa shape index (κ1) is 19.4. The number of H-pyrrole nitrogens is 1. The monoisotopic (exact) mass is 409 g/mol. The fourth-order valence-electron chi connectivity index (χ4n) is 3.42. The highest BCUT2D eigenvalue weighted by atomic mass is 32.2. The summed E-state index contributed by atoms with van der Waals surface area (Å²) in [5.41, 5.74) is 5.31. The van der Waals surface area contributed by atoms with Crippen molar-refractivity contribution in [3.8, 4) is 11.5 Å². The molecule has 150 valence electrons. The van der Waals surface area contributed by atoms with Crippen LogP contribution in [0, 0.1) is 13.8 Å². The Bertz CT molecular complexity index is 1050. The van der Waals surface area contributed by atoms with E-state index in [-0.39, 0.29) is 11.2 Å². The lowest BCUT2D eigenvalue weighted by molar-refractivity contribution is -0.113. The van der Waals surface area contributed by atoms with Crippen LogP contribution < -0.4 is 14.8 Å². The van der Waals surface area contributed by atoms with E-state index in [2.05, 4.69) is 34.6 Å². The quantitative estimate of drug-likeness (QED) is 0.654. The minimum atomic E-state index is -0.0459. The Morgan fingerprint density at radius 1 is 1.17 bits per heavy atom. The summed E-state index contributed by atoms with van der Waals surface area (Å²) >= 11 is 1.58. The second kappa shape index (κ2) is 8.21. The molecule has 1 aliphatic rings. The molecule has 1 aromatic heterocycles. The van der Waals surface area contributed by atoms with E-state index < -0.39 is 0 Å². The summed E-state index contributed by atoms with van der Waals surface area (Å²) < 4.78 is 11.6. The summed E-state index contributed by atoms with van der Waals surface area (Å²) in [6, 6.07) is 14.1. The first-order valence-electron chi connectivity index (χ1n) is 9.38. The summed E-state index contributed by atoms with van der Waals surface area (Å²) in [7, 11) is 1.64. The Hall–Kier alpha value is -2.93. The molecule has 2 heterocycles. The van der Waals surface area contributed by atoms with E-state index in [1.807, 2.05) is 37.3 Å². The number of ether oxygens (including phenoxy) is 2. The number of carbonyl (C=O) groups is 1. The van der Waals surface area contributed by atoms with Crippen LogP contribution in [0.15, 0.2) is 42.5 Å². The first-order chi connectivity index (χ1) is 14.1. The number of benzene rings is 2. The van der Waals surface area contributed by atoms with E-state index >= 15 is 0 Å². The van der Waals surface area contributed by atoms with Gasteiger partial charge in [-0.2, -0.15) is 5.10 Å². The van der Waals surface area contributed by atoms with E-state index in [1.165, 1.54) is 5.56 Å². The number of anilines is 1. The van der Waals surface area contributed by atoms with Crippen LogP contribution in [-0.2, 0) is 11.4 Å². The second-order valence-corrected chi connectivity index (χ2v) is 8.07. The van der Waals surface area contributed by atoms with Crippen LogP contribution in [0.4, 0.5) is 5.82 Å². The SMILES string of the molecule is COc1cc([C@H]2SCC(=O)Nc3n[nH]c(C)c32)ccc1OCc1ccccc1C. The Morgan fingerprint density at radius 2 is 2.00 bits per heavy atom. The Balaban J connectivity index is 1.62. The van der Waals surface area contributed by atoms with Gasteiger partial charge in [-0.05, 0) is 42.7 Å². The molecule has 0 saturated carbocycles. The maximum atomic E-state index is 12.0. The van der Waals surface area contributed by atoms with Gasteiger partial charge in [0, 0.05) is 11.3 Å². The molecule has 2 aromatic carbocycles. The molecule has 1 aliphatic heterocycles. The maximum absolute atomic E-state index is 12.0. The molecule has 4 rings (SSSR count). The van der Waals surface area contributed by atoms with E-state index in [0.717, 1.165) is 22.4 Å². The molecule has 3 aromatic rings. The molecule has 29 heavy (non-hydrogen) atoms. The van der Waals surface area contributed by atoms with Gasteiger partial charge in [0.25, 0.3) is 0 Å². The van der Waals surface area contributed by atoms with Gasteiger partial charge in [-0.1, -0.05) is 30.3 Å². The van der Waals surface area contributed by atoms with Crippen LogP contribution >= 0.6 is 11.8 Å². The highest BCUT2D eigenvalue weighted by Gasteiger charge is 2.28. The normalized spacial score (nSPS) is 16.0. The number of methoxy groups -OCH3 is 1. The predicted octanol–water partition coefficient (Wildman–Crippen LogP) is 4.39. The number of aromatic amines is 1. The van der Waals surface area contributed by atoms with Gasteiger partial charge in [-0.15, -0.1) is 11.8 Å². The smallest absolute Gasteiger partial charge is 0.235 e. The minimum Gasteiger partial charge on any atom is -0.493 e. The zero-order valence-electron chi connectivity index (χ0n) is 16.6. The lowest BCUT2D eigenvalue weighted by atomic mass is 10.0. The van der Waals surface area contributed by atoms with Crippen LogP contribution in [-0.4, -0.2) is 29.0 Å². The third-order valence-corrected chi connectivity index (χ3v) is 6.30. The highest BCUT2D eigenvalue weighted by molar-refractivity contribution is 8.00. The molecular formula is C22H23N3O3S. The number of aromatic nitrogens is 2. The molecule has 1 atom stereocenters. The molecule has 0 saturated heterocycles. The number of hydrogen-bond donors (Lipinski definition) is 2. The van der Waals surface area contributed by atoms with Crippen LogP contribution in [0.5, 0.6) is 11.5 Å². The van der Waals surface area contributed by atoms with Gasteiger partial charge >= 0.3 is 0 Å². The second-order valence-electron chi connectivity index (χ2n) is 6.98. The molecule has 1 amide bonds. The number of fused-ring (bicyclic) bond motifs is 1. The molecule has 0 unspecified atom stereocenters. The lowest BCUT2D eigenvalue weighted by Crippen LogP contribution is -2.12. The van der Waals surface area contributed by atoms with Crippen LogP contribution in [0.25, 0.3) is 0 Å². The average Bonchev–Trinajstić information content (AvgIpc) is 2.98. The van der Waals surface area contributed by atoms with Crippen molar-refractivity contribution in [1.29, 1.82) is 0 Å². The molecule has 7 heteroatoms. The van der Waals surface area contributed by atoms with Crippen molar-refractivity contribution in [2.75, 3.05) is 18.2 Å². The van der Waals surface area contributed by atoms with Crippen molar-refractivity contribution in [3.63, 3.8) is 0 Å². The summed E-state index contributed by atoms with van der Waals surface area (Å²) in [6.45, 7) is 4.51. The molecule has 0 aliphatic carbocycles. The van der Waals surface area contributed by atoms with Gasteiger partial charge in [0.2, 0.25) is 5.91 Å². The number of carbonyl (C=O) groups excluding carboxylic acids is 1. The standard InChI is InChI=1S/C22H23N3O3S/c1-13-6-4-5-7-16(13)11-28-17-9-8-15(10-18(17)27-3)21-20-14(2)24-25-22(20)23-19(26)12-29-21/h4-10,21H,11-12H2,1-3H3,(H2,23,24,25,26)/t21-/m1/s1. The van der Waals surface area contributed by atoms with Crippen LogP contribution in [0.1, 0.15) is 33.2 Å². The molecule has 0 bridgehead atoms. The summed E-state index contributed by atoms with van der Waals surface area (Å²) in [5.74, 6) is 2.28. The first-order valence-corrected chi connectivity index (χ1v) is 10.4. The number of aryl methyl sites for hydroxylation is 2. The lowest BCUT2D eigenvalue weighted by Gasteiger charge is -2.18. The van der Waals surface area contributed by atoms with Gasteiger partial charge in [0.15, 0.2) is 17.3 Å². The molecular weight excluding hydrogens is 386 g/mol. The molecule has 0 fully saturated rings. The van der Waals surface area contributed by atoms with E-state index in [0.29, 0.717) is 29.7 Å². The molecule has 2 N–H and O–H groups in total. The van der Waals surface area contributed by atoms with E-state index in [1.54, 1.807) is 18.9 Å². The van der Waals surface area contributed by atoms with Gasteiger partial charge in [-0.3, -0.25) is 9.89 Å². The van der Waals surface area contributed by atoms with Gasteiger partial charge in [0.1, 0.15) is 6.61 Å². The van der Waals surface area contributed by atoms with Gasteiger partial charge in [-0.25, -0.2) is 0 Å². The highest BCUT2D eigenvalue weighted by Crippen LogP contribution is 2.44. The molecule has 0 spiro atoms. The number of nitrogens with one attached hydrogen (secondary N) is 2. The van der Waals surface area contributed by atoms with Crippen LogP contribution in [0.3, 0.4) is 0 Å². The van der Waals surface area contributed by atoms with Crippen LogP contribution in [0.2, 0.25) is 0 Å². The predicted molar refractivity (Wildman–Crippen MR) is 115 cm³/mol. The fourth-order valence-corrected chi connectivity index (χ4v) is 4.61. The Labute approximate surface area is 174 Å². The number of rotatable bonds is 5. The van der Waals surface area contributed by atoms with Crippen molar-refractivity contribution < 1.29 is 14.3 Å². The third-order valence-electron chi connectivity index (χ3n) is 5.03. The fraction of sp³-hybridized carbons (Fsp3) is 0.273. The topological polar surface area (TPSA) is 76.2 Å². The molecule has 0 radical (unpaired) electrons. The Kier molecular flexibility index (Phi) is 5.49. The van der Waals surface area contributed by atoms with Crippen molar-refractivity contribution in [1.82, 2.24) is 10.2 Å². The summed E-state index contributed by atoms with van der Waals surface area (Å²) in [4.78, 5) is 12.0. The van der Waals surface area contributed by atoms with Crippen molar-refractivity contribution in [3.05, 3.63) is 70.4 Å². The third kappa shape index (κ3) is 3.96. The molecule has 6 nitrogen and oxygen atoms in total. The summed E-state index contributed by atoms with van der Waals surface area (Å²) in [6.07, 6.45) is 0. The van der Waals surface area contributed by atoms with Gasteiger partial charge in [0.05, 0.1) is 18.1 Å². The number of hydrogen-bond acceptors (Lipinski definition) is 5. The average molecular weight is 410 g/mol. The number of amides is 1. The minimum absolute atomic E-state index is 0.0259. The number of thioether (sulfide) groups is 1. The number of nitrogens with zero attached hydrogens (tertiary/aromatic N) is 1. The van der Waals surface area contributed by atoms with Gasteiger partial charge < -0.3 is 14.8 Å². The largest absolute Gasteiger partial charge is 0.493 e. The summed E-state index contributed by atoms with van der Waals surface area (Å²) in [5, 5.41) is 10.1. The zero-order valence-corrected chi connectivity index (χ0v) is 17.4. The van der Waals surface area contributed by atoms with Crippen molar-refractivity contribution in [2.45, 2.75) is 25.7 Å².